The Morgan fingerprint density at radius 2 is 2.00 bits per heavy atom. The molecule has 2 unspecified atom stereocenters. The summed E-state index contributed by atoms with van der Waals surface area (Å²) >= 11 is 1.30. The lowest BCUT2D eigenvalue weighted by atomic mass is 10.2. The summed E-state index contributed by atoms with van der Waals surface area (Å²) in [7, 11) is 0. The molecule has 1 aliphatic rings. The summed E-state index contributed by atoms with van der Waals surface area (Å²) in [5.74, 6) is 0.131. The molecule has 0 aliphatic carbocycles. The molecule has 31 heavy (non-hydrogen) atoms. The Kier molecular flexibility index (Phi) is 5.09. The number of carbonyl (C=O) groups excluding carboxylic acids is 1. The van der Waals surface area contributed by atoms with Gasteiger partial charge in [-0.25, -0.2) is 14.4 Å². The van der Waals surface area contributed by atoms with Crippen molar-refractivity contribution in [3.05, 3.63) is 77.6 Å². The van der Waals surface area contributed by atoms with Crippen LogP contribution < -0.4 is 10.6 Å². The van der Waals surface area contributed by atoms with Crippen LogP contribution in [-0.4, -0.2) is 33.4 Å². The SMILES string of the molecule is Cc1ccc(Nc2ccc3nc(NC(=O)C4CN4Cc4ccccc4)sc3n2)c(F)c1. The van der Waals surface area contributed by atoms with Gasteiger partial charge in [-0.1, -0.05) is 47.7 Å². The number of carbonyl (C=O) groups is 1. The third kappa shape index (κ3) is 4.40. The van der Waals surface area contributed by atoms with E-state index in [9.17, 15) is 9.18 Å². The first-order valence-electron chi connectivity index (χ1n) is 9.95. The number of halogens is 1. The van der Waals surface area contributed by atoms with Gasteiger partial charge < -0.3 is 10.6 Å². The second kappa shape index (κ2) is 8.05. The van der Waals surface area contributed by atoms with E-state index in [0.29, 0.717) is 27.0 Å². The molecule has 2 aromatic heterocycles. The number of thiazole rings is 1. The maximum atomic E-state index is 14.1. The van der Waals surface area contributed by atoms with E-state index in [-0.39, 0.29) is 17.8 Å². The number of hydrogen-bond acceptors (Lipinski definition) is 6. The summed E-state index contributed by atoms with van der Waals surface area (Å²) in [6.07, 6.45) is 0. The number of hydrogen-bond donors (Lipinski definition) is 2. The quantitative estimate of drug-likeness (QED) is 0.431. The van der Waals surface area contributed by atoms with E-state index in [1.165, 1.54) is 23.0 Å². The number of anilines is 3. The highest BCUT2D eigenvalue weighted by Crippen LogP contribution is 2.29. The molecule has 4 aromatic rings. The van der Waals surface area contributed by atoms with Crippen LogP contribution >= 0.6 is 11.3 Å². The summed E-state index contributed by atoms with van der Waals surface area (Å²) in [5.41, 5.74) is 3.09. The van der Waals surface area contributed by atoms with Gasteiger partial charge in [-0.15, -0.1) is 0 Å². The molecular weight excluding hydrogens is 413 g/mol. The van der Waals surface area contributed by atoms with Gasteiger partial charge in [-0.2, -0.15) is 0 Å². The molecule has 1 fully saturated rings. The lowest BCUT2D eigenvalue weighted by Crippen LogP contribution is -2.21. The summed E-state index contributed by atoms with van der Waals surface area (Å²) in [6.45, 7) is 3.33. The van der Waals surface area contributed by atoms with Crippen molar-refractivity contribution in [3.8, 4) is 0 Å². The van der Waals surface area contributed by atoms with Crippen molar-refractivity contribution >= 4 is 44.2 Å². The van der Waals surface area contributed by atoms with E-state index in [4.69, 9.17) is 0 Å². The fraction of sp³-hybridized carbons (Fsp3) is 0.174. The van der Waals surface area contributed by atoms with Crippen molar-refractivity contribution in [3.63, 3.8) is 0 Å². The first-order valence-corrected chi connectivity index (χ1v) is 10.8. The Morgan fingerprint density at radius 3 is 2.81 bits per heavy atom. The fourth-order valence-corrected chi connectivity index (χ4v) is 4.25. The van der Waals surface area contributed by atoms with E-state index in [2.05, 4.69) is 37.6 Å². The summed E-state index contributed by atoms with van der Waals surface area (Å²) in [6, 6.07) is 18.5. The minimum atomic E-state index is -0.330. The predicted octanol–water partition coefficient (Wildman–Crippen LogP) is 4.71. The number of amides is 1. The minimum Gasteiger partial charge on any atom is -0.338 e. The first kappa shape index (κ1) is 19.6. The standard InChI is InChI=1S/C23H20FN5OS/c1-14-7-8-17(16(24)11-14)25-20-10-9-18-22(27-20)31-23(26-18)28-21(30)19-13-29(19)12-15-5-3-2-4-6-15/h2-11,19H,12-13H2,1H3,(H,25,27)(H,26,28,30). The molecule has 2 aromatic carbocycles. The fourth-order valence-electron chi connectivity index (χ4n) is 3.40. The number of fused-ring (bicyclic) bond motifs is 1. The third-order valence-electron chi connectivity index (χ3n) is 5.12. The minimum absolute atomic E-state index is 0.0601. The molecule has 6 nitrogen and oxygen atoms in total. The van der Waals surface area contributed by atoms with Crippen molar-refractivity contribution in [2.45, 2.75) is 19.5 Å². The molecule has 8 heteroatoms. The Balaban J connectivity index is 1.24. The van der Waals surface area contributed by atoms with Crippen molar-refractivity contribution in [2.75, 3.05) is 17.2 Å². The number of rotatable bonds is 6. The zero-order valence-electron chi connectivity index (χ0n) is 16.8. The van der Waals surface area contributed by atoms with E-state index in [1.54, 1.807) is 12.1 Å². The Hall–Kier alpha value is -3.36. The van der Waals surface area contributed by atoms with Crippen LogP contribution in [-0.2, 0) is 11.3 Å². The highest BCUT2D eigenvalue weighted by atomic mass is 32.1. The molecule has 5 rings (SSSR count). The molecule has 3 heterocycles. The molecular formula is C23H20FN5OS. The van der Waals surface area contributed by atoms with E-state index in [1.807, 2.05) is 37.3 Å². The number of pyridine rings is 1. The van der Waals surface area contributed by atoms with Gasteiger partial charge >= 0.3 is 0 Å². The zero-order chi connectivity index (χ0) is 21.4. The van der Waals surface area contributed by atoms with E-state index in [0.717, 1.165) is 18.7 Å². The van der Waals surface area contributed by atoms with Crippen molar-refractivity contribution < 1.29 is 9.18 Å². The van der Waals surface area contributed by atoms with Gasteiger partial charge in [0.25, 0.3) is 0 Å². The first-order chi connectivity index (χ1) is 15.0. The normalized spacial score (nSPS) is 17.5. The predicted molar refractivity (Wildman–Crippen MR) is 121 cm³/mol. The number of benzene rings is 2. The number of nitrogens with zero attached hydrogens (tertiary/aromatic N) is 3. The number of aromatic nitrogens is 2. The molecule has 0 spiro atoms. The monoisotopic (exact) mass is 433 g/mol. The van der Waals surface area contributed by atoms with E-state index < -0.39 is 0 Å². The van der Waals surface area contributed by atoms with Gasteiger partial charge in [-0.05, 0) is 42.3 Å². The summed E-state index contributed by atoms with van der Waals surface area (Å²) < 4.78 is 14.1. The molecule has 0 bridgehead atoms. The molecule has 0 saturated carbocycles. The van der Waals surface area contributed by atoms with Gasteiger partial charge in [0.05, 0.1) is 5.69 Å². The largest absolute Gasteiger partial charge is 0.338 e. The lowest BCUT2D eigenvalue weighted by Gasteiger charge is -2.07. The Labute approximate surface area is 182 Å². The van der Waals surface area contributed by atoms with Crippen LogP contribution in [0.15, 0.2) is 60.7 Å². The highest BCUT2D eigenvalue weighted by Gasteiger charge is 2.40. The highest BCUT2D eigenvalue weighted by molar-refractivity contribution is 7.22. The molecule has 1 saturated heterocycles. The topological polar surface area (TPSA) is 69.9 Å². The molecule has 2 N–H and O–H groups in total. The van der Waals surface area contributed by atoms with Gasteiger partial charge in [-0.3, -0.25) is 9.69 Å². The van der Waals surface area contributed by atoms with Crippen molar-refractivity contribution in [2.24, 2.45) is 0 Å². The zero-order valence-corrected chi connectivity index (χ0v) is 17.6. The van der Waals surface area contributed by atoms with Crippen LogP contribution in [0.4, 0.5) is 21.0 Å². The molecule has 1 amide bonds. The maximum Gasteiger partial charge on any atom is 0.244 e. The van der Waals surface area contributed by atoms with Crippen LogP contribution in [0.3, 0.4) is 0 Å². The van der Waals surface area contributed by atoms with Crippen LogP contribution in [0.5, 0.6) is 0 Å². The second-order valence-electron chi connectivity index (χ2n) is 7.57. The second-order valence-corrected chi connectivity index (χ2v) is 8.55. The van der Waals surface area contributed by atoms with Gasteiger partial charge in [0.1, 0.15) is 28.0 Å². The van der Waals surface area contributed by atoms with Crippen LogP contribution in [0.2, 0.25) is 0 Å². The molecule has 2 atom stereocenters. The van der Waals surface area contributed by atoms with Crippen LogP contribution in [0.1, 0.15) is 11.1 Å². The maximum absolute atomic E-state index is 14.1. The Morgan fingerprint density at radius 1 is 1.16 bits per heavy atom. The average molecular weight is 434 g/mol. The van der Waals surface area contributed by atoms with Gasteiger partial charge in [0.15, 0.2) is 5.13 Å². The smallest absolute Gasteiger partial charge is 0.244 e. The third-order valence-corrected chi connectivity index (χ3v) is 6.00. The van der Waals surface area contributed by atoms with Gasteiger partial charge in [0, 0.05) is 13.1 Å². The average Bonchev–Trinajstić information content (AvgIpc) is 3.40. The van der Waals surface area contributed by atoms with Crippen molar-refractivity contribution in [1.29, 1.82) is 0 Å². The van der Waals surface area contributed by atoms with Gasteiger partial charge in [0.2, 0.25) is 5.91 Å². The van der Waals surface area contributed by atoms with E-state index >= 15 is 0 Å². The Bertz CT molecular complexity index is 1260. The van der Waals surface area contributed by atoms with Crippen molar-refractivity contribution in [1.82, 2.24) is 14.9 Å². The van der Waals surface area contributed by atoms with Crippen LogP contribution in [0.25, 0.3) is 10.3 Å². The molecule has 156 valence electrons. The molecule has 0 radical (unpaired) electrons. The number of nitrogens with one attached hydrogen (secondary N) is 2. The lowest BCUT2D eigenvalue weighted by molar-refractivity contribution is -0.116. The summed E-state index contributed by atoms with van der Waals surface area (Å²) in [5, 5.41) is 6.41. The van der Waals surface area contributed by atoms with Crippen LogP contribution in [0, 0.1) is 12.7 Å². The summed E-state index contributed by atoms with van der Waals surface area (Å²) in [4.78, 5) is 24.3. The molecule has 1 aliphatic heterocycles. The number of aryl methyl sites for hydroxylation is 1.